The minimum atomic E-state index is -7.22. The number of aromatic hydroxyl groups is 1. The fourth-order valence-electron chi connectivity index (χ4n) is 6.29. The lowest BCUT2D eigenvalue weighted by Gasteiger charge is -2.44. The molecule has 6 aromatic carbocycles. The van der Waals surface area contributed by atoms with E-state index in [0.29, 0.717) is 5.75 Å². The number of hydrogen-bond acceptors (Lipinski definition) is 1. The molecular weight excluding hydrogens is 883 g/mol. The lowest BCUT2D eigenvalue weighted by molar-refractivity contribution is 0.378. The van der Waals surface area contributed by atoms with E-state index in [4.69, 9.17) is 0 Å². The molecule has 0 aromatic heterocycles. The van der Waals surface area contributed by atoms with Gasteiger partial charge in [0.2, 0.25) is 0 Å². The van der Waals surface area contributed by atoms with Gasteiger partial charge in [-0.2, -0.15) is 0 Å². The van der Waals surface area contributed by atoms with Crippen LogP contribution in [0.2, 0.25) is 0 Å². The number of rotatable bonds is 6. The van der Waals surface area contributed by atoms with Gasteiger partial charge in [0.15, 0.2) is 79.6 Å². The number of phenolic OH excluding ortho intramolecular Hbond substituents is 1. The van der Waals surface area contributed by atoms with Gasteiger partial charge in [0, 0.05) is 0 Å². The second kappa shape index (κ2) is 16.6. The molecule has 0 aliphatic rings. The van der Waals surface area contributed by atoms with Crippen LogP contribution in [0.15, 0.2) is 64.4 Å². The van der Waals surface area contributed by atoms with Crippen LogP contribution in [-0.4, -0.2) is 17.5 Å². The summed E-state index contributed by atoms with van der Waals surface area (Å²) in [5, 5.41) is 9.21. The van der Waals surface area contributed by atoms with Gasteiger partial charge in [0.1, 0.15) is 64.7 Å². The van der Waals surface area contributed by atoms with Crippen molar-refractivity contribution in [3.8, 4) is 5.75 Å². The Labute approximate surface area is 324 Å². The van der Waals surface area contributed by atoms with Gasteiger partial charge in [-0.15, -0.1) is 21.9 Å². The topological polar surface area (TPSA) is 20.2 Å². The summed E-state index contributed by atoms with van der Waals surface area (Å²) in [6, 6.07) is 17.8. The van der Waals surface area contributed by atoms with Crippen molar-refractivity contribution in [1.29, 1.82) is 0 Å². The highest BCUT2D eigenvalue weighted by molar-refractivity contribution is 7.96. The molecular formula is C37H13BF20OS. The van der Waals surface area contributed by atoms with E-state index in [-0.39, 0.29) is 10.9 Å². The fraction of sp³-hybridized carbons (Fsp3) is 0.0270. The van der Waals surface area contributed by atoms with Gasteiger partial charge in [-0.25, -0.2) is 87.8 Å². The van der Waals surface area contributed by atoms with Gasteiger partial charge in [0.05, 0.1) is 10.9 Å². The molecule has 0 heterocycles. The van der Waals surface area contributed by atoms with Gasteiger partial charge in [-0.3, -0.25) is 0 Å². The fourth-order valence-corrected chi connectivity index (χ4v) is 7.67. The molecule has 0 bridgehead atoms. The van der Waals surface area contributed by atoms with Crippen LogP contribution in [0.25, 0.3) is 0 Å². The van der Waals surface area contributed by atoms with Gasteiger partial charge in [-0.05, 0) is 36.4 Å². The summed E-state index contributed by atoms with van der Waals surface area (Å²) in [6.45, 7) is 0. The largest absolute Gasteiger partial charge is 0.508 e. The molecule has 0 fully saturated rings. The SMILES string of the molecule is C[S+](c1ccccc1)c1ccc(O)cc1.Fc1c(F)c(F)c([B-](c2c(F)c(F)c(F)c(F)c2F)(c2c(F)c(F)c(F)c(F)c2F)c2c(F)c(F)c(F)c(F)c2F)c(F)c1F. The number of benzene rings is 6. The smallest absolute Gasteiger partial charge is 0.200 e. The summed E-state index contributed by atoms with van der Waals surface area (Å²) < 4.78 is 294. The molecule has 1 N–H and O–H groups in total. The molecule has 0 spiro atoms. The van der Waals surface area contributed by atoms with Gasteiger partial charge in [-0.1, -0.05) is 18.2 Å². The van der Waals surface area contributed by atoms with E-state index in [9.17, 15) is 57.8 Å². The summed E-state index contributed by atoms with van der Waals surface area (Å²) in [5.41, 5.74) is -14.3. The third-order valence-electron chi connectivity index (χ3n) is 8.99. The van der Waals surface area contributed by atoms with Crippen LogP contribution >= 0.6 is 0 Å². The van der Waals surface area contributed by atoms with Crippen molar-refractivity contribution in [2.45, 2.75) is 9.79 Å². The Morgan fingerprint density at radius 1 is 0.300 bits per heavy atom. The van der Waals surface area contributed by atoms with E-state index >= 15 is 35.1 Å². The van der Waals surface area contributed by atoms with E-state index in [0.717, 1.165) is 0 Å². The van der Waals surface area contributed by atoms with Crippen LogP contribution < -0.4 is 21.9 Å². The first-order chi connectivity index (χ1) is 28.0. The first kappa shape index (κ1) is 45.2. The first-order valence-electron chi connectivity index (χ1n) is 15.7. The Balaban J connectivity index is 0.000000379. The summed E-state index contributed by atoms with van der Waals surface area (Å²) in [6.07, 6.45) is -5.02. The maximum absolute atomic E-state index is 15.4. The molecule has 1 nitrogen and oxygen atoms in total. The van der Waals surface area contributed by atoms with E-state index in [1.54, 1.807) is 12.1 Å². The monoisotopic (exact) mass is 896 g/mol. The van der Waals surface area contributed by atoms with Crippen LogP contribution in [0.1, 0.15) is 0 Å². The zero-order chi connectivity index (χ0) is 45.0. The molecule has 6 rings (SSSR count). The average Bonchev–Trinajstić information content (AvgIpc) is 3.24. The van der Waals surface area contributed by atoms with Crippen LogP contribution in [0.3, 0.4) is 0 Å². The molecule has 0 aliphatic carbocycles. The molecule has 1 unspecified atom stereocenters. The quantitative estimate of drug-likeness (QED) is 0.0583. The zero-order valence-corrected chi connectivity index (χ0v) is 29.5. The second-order valence-corrected chi connectivity index (χ2v) is 14.1. The van der Waals surface area contributed by atoms with Crippen molar-refractivity contribution in [3.05, 3.63) is 171 Å². The summed E-state index contributed by atoms with van der Waals surface area (Å²) in [5.74, 6) is -71.1. The van der Waals surface area contributed by atoms with Crippen LogP contribution in [0, 0.1) is 116 Å². The minimum Gasteiger partial charge on any atom is -0.508 e. The molecule has 6 aromatic rings. The Hall–Kier alpha value is -5.87. The molecule has 1 atom stereocenters. The second-order valence-electron chi connectivity index (χ2n) is 12.1. The summed E-state index contributed by atoms with van der Waals surface area (Å²) in [7, 11) is 0.0838. The molecule has 0 aliphatic heterocycles. The van der Waals surface area contributed by atoms with E-state index in [2.05, 4.69) is 30.5 Å². The van der Waals surface area contributed by atoms with Crippen LogP contribution in [0.4, 0.5) is 87.8 Å². The highest BCUT2D eigenvalue weighted by atomic mass is 32.2. The van der Waals surface area contributed by atoms with Crippen molar-refractivity contribution in [3.63, 3.8) is 0 Å². The standard InChI is InChI=1S/C24BF20.C13H12OS/c26-5-1(6(27)14(35)21(42)13(5)34)25(2-7(28)15(36)22(43)16(37)8(2)29,3-9(30)17(38)23(44)18(39)10(3)31)4-11(32)19(40)24(45)20(41)12(4)33;1-15(12-5-3-2-4-6-12)13-9-7-11(14)8-10-13/h;2-10H,1H3/q-1;/p+1. The first-order valence-corrected chi connectivity index (χ1v) is 17.3. The predicted octanol–water partition coefficient (Wildman–Crippen LogP) is 8.90. The molecule has 23 heteroatoms. The Bertz CT molecular complexity index is 2300. The molecule has 0 amide bonds. The summed E-state index contributed by atoms with van der Waals surface area (Å²) in [4.78, 5) is 2.57. The third-order valence-corrected chi connectivity index (χ3v) is 11.0. The molecule has 0 radical (unpaired) electrons. The van der Waals surface area contributed by atoms with Gasteiger partial charge < -0.3 is 5.11 Å². The maximum atomic E-state index is 15.4. The lowest BCUT2D eigenvalue weighted by atomic mass is 9.12. The van der Waals surface area contributed by atoms with Gasteiger partial charge >= 0.3 is 0 Å². The number of hydrogen-bond donors (Lipinski definition) is 1. The van der Waals surface area contributed by atoms with E-state index in [1.165, 1.54) is 9.79 Å². The predicted molar refractivity (Wildman–Crippen MR) is 174 cm³/mol. The normalized spacial score (nSPS) is 12.1. The Kier molecular flexibility index (Phi) is 12.5. The highest BCUT2D eigenvalue weighted by Gasteiger charge is 2.52. The Morgan fingerprint density at radius 2 is 0.500 bits per heavy atom. The van der Waals surface area contributed by atoms with E-state index < -0.39 is 144 Å². The van der Waals surface area contributed by atoms with Crippen molar-refractivity contribution >= 4 is 38.9 Å². The molecule has 60 heavy (non-hydrogen) atoms. The molecule has 0 saturated heterocycles. The van der Waals surface area contributed by atoms with Crippen molar-refractivity contribution in [2.24, 2.45) is 0 Å². The zero-order valence-electron chi connectivity index (χ0n) is 28.7. The Morgan fingerprint density at radius 3 is 0.733 bits per heavy atom. The molecule has 0 saturated carbocycles. The van der Waals surface area contributed by atoms with Crippen LogP contribution in [0.5, 0.6) is 5.75 Å². The van der Waals surface area contributed by atoms with E-state index in [1.807, 2.05) is 18.2 Å². The summed E-state index contributed by atoms with van der Waals surface area (Å²) >= 11 is 0. The van der Waals surface area contributed by atoms with Crippen molar-refractivity contribution in [2.75, 3.05) is 6.26 Å². The third kappa shape index (κ3) is 6.94. The van der Waals surface area contributed by atoms with Crippen LogP contribution in [-0.2, 0) is 10.9 Å². The molecule has 316 valence electrons. The van der Waals surface area contributed by atoms with Crippen molar-refractivity contribution < 1.29 is 92.9 Å². The lowest BCUT2D eigenvalue weighted by Crippen LogP contribution is -2.81. The van der Waals surface area contributed by atoms with Gasteiger partial charge in [0.25, 0.3) is 0 Å². The maximum Gasteiger partial charge on any atom is 0.200 e. The highest BCUT2D eigenvalue weighted by Crippen LogP contribution is 2.31. The number of phenols is 1. The average molecular weight is 896 g/mol. The minimum absolute atomic E-state index is 0.0838. The van der Waals surface area contributed by atoms with Crippen molar-refractivity contribution in [1.82, 2.24) is 0 Å². The number of halogens is 20.